The van der Waals surface area contributed by atoms with Crippen molar-refractivity contribution in [1.82, 2.24) is 0 Å². The lowest BCUT2D eigenvalue weighted by Gasteiger charge is -1.91. The number of rotatable bonds is 5. The van der Waals surface area contributed by atoms with Crippen molar-refractivity contribution < 1.29 is 14.5 Å². The van der Waals surface area contributed by atoms with Gasteiger partial charge in [-0.1, -0.05) is 0 Å². The standard InChI is InChI=1S/C6H9NO4/c1-5(8)6(9)3-2-4-7(10)11/h2-4H2,1H3. The number of hydrogen-bond acceptors (Lipinski definition) is 4. The molecule has 0 aliphatic carbocycles. The summed E-state index contributed by atoms with van der Waals surface area (Å²) >= 11 is 0. The van der Waals surface area contributed by atoms with Gasteiger partial charge in [0.1, 0.15) is 0 Å². The normalized spacial score (nSPS) is 9.18. The zero-order valence-electron chi connectivity index (χ0n) is 6.20. The summed E-state index contributed by atoms with van der Waals surface area (Å²) in [6.45, 7) is 0.910. The Balaban J connectivity index is 3.47. The Morgan fingerprint density at radius 3 is 2.36 bits per heavy atom. The first-order valence-corrected chi connectivity index (χ1v) is 3.19. The van der Waals surface area contributed by atoms with Crippen LogP contribution in [0.25, 0.3) is 0 Å². The average Bonchev–Trinajstić information content (AvgIpc) is 1.86. The minimum atomic E-state index is -0.535. The second-order valence-corrected chi connectivity index (χ2v) is 2.14. The SMILES string of the molecule is CC(=O)C(=O)CCC[N+](=O)[O-]. The summed E-state index contributed by atoms with van der Waals surface area (Å²) < 4.78 is 0. The van der Waals surface area contributed by atoms with Gasteiger partial charge < -0.3 is 0 Å². The number of Topliss-reactive ketones (excluding diaryl/α,β-unsaturated/α-hetero) is 2. The second kappa shape index (κ2) is 4.54. The van der Waals surface area contributed by atoms with Crippen LogP contribution in [0.3, 0.4) is 0 Å². The van der Waals surface area contributed by atoms with E-state index >= 15 is 0 Å². The molecular weight excluding hydrogens is 150 g/mol. The molecule has 0 fully saturated rings. The van der Waals surface area contributed by atoms with E-state index in [4.69, 9.17) is 0 Å². The molecule has 11 heavy (non-hydrogen) atoms. The van der Waals surface area contributed by atoms with E-state index in [0.29, 0.717) is 0 Å². The van der Waals surface area contributed by atoms with Gasteiger partial charge in [-0.15, -0.1) is 0 Å². The van der Waals surface area contributed by atoms with E-state index < -0.39 is 16.5 Å². The molecule has 0 aromatic heterocycles. The molecule has 0 unspecified atom stereocenters. The fourth-order valence-electron chi connectivity index (χ4n) is 0.545. The number of carbonyl (C=O) groups excluding carboxylic acids is 2. The highest BCUT2D eigenvalue weighted by atomic mass is 16.6. The summed E-state index contributed by atoms with van der Waals surface area (Å²) in [4.78, 5) is 30.1. The average molecular weight is 159 g/mol. The van der Waals surface area contributed by atoms with Gasteiger partial charge in [-0.05, 0) is 0 Å². The molecule has 0 bridgehead atoms. The van der Waals surface area contributed by atoms with E-state index in [1.165, 1.54) is 0 Å². The Morgan fingerprint density at radius 2 is 2.00 bits per heavy atom. The van der Waals surface area contributed by atoms with E-state index in [1.54, 1.807) is 0 Å². The van der Waals surface area contributed by atoms with Crippen molar-refractivity contribution in [3.05, 3.63) is 10.1 Å². The van der Waals surface area contributed by atoms with Crippen LogP contribution in [0, 0.1) is 10.1 Å². The molecule has 0 aliphatic heterocycles. The zero-order valence-corrected chi connectivity index (χ0v) is 6.20. The van der Waals surface area contributed by atoms with Crippen LogP contribution in [0.4, 0.5) is 0 Å². The second-order valence-electron chi connectivity index (χ2n) is 2.14. The summed E-state index contributed by atoms with van der Waals surface area (Å²) in [5, 5.41) is 9.76. The van der Waals surface area contributed by atoms with Gasteiger partial charge in [0.15, 0.2) is 11.6 Å². The fourth-order valence-corrected chi connectivity index (χ4v) is 0.545. The van der Waals surface area contributed by atoms with Crippen LogP contribution in [0.2, 0.25) is 0 Å². The van der Waals surface area contributed by atoms with Crippen LogP contribution >= 0.6 is 0 Å². The molecule has 0 N–H and O–H groups in total. The van der Waals surface area contributed by atoms with E-state index in [0.717, 1.165) is 6.92 Å². The van der Waals surface area contributed by atoms with Crippen LogP contribution in [-0.4, -0.2) is 23.0 Å². The summed E-state index contributed by atoms with van der Waals surface area (Å²) in [5.41, 5.74) is 0. The van der Waals surface area contributed by atoms with Crippen molar-refractivity contribution in [3.8, 4) is 0 Å². The Kier molecular flexibility index (Phi) is 4.02. The van der Waals surface area contributed by atoms with Gasteiger partial charge in [0.2, 0.25) is 6.54 Å². The molecule has 0 radical (unpaired) electrons. The van der Waals surface area contributed by atoms with Crippen LogP contribution in [-0.2, 0) is 9.59 Å². The van der Waals surface area contributed by atoms with Gasteiger partial charge >= 0.3 is 0 Å². The summed E-state index contributed by atoms with van der Waals surface area (Å²) in [6, 6.07) is 0. The van der Waals surface area contributed by atoms with Crippen molar-refractivity contribution in [2.24, 2.45) is 0 Å². The van der Waals surface area contributed by atoms with E-state index in [1.807, 2.05) is 0 Å². The van der Waals surface area contributed by atoms with Gasteiger partial charge in [0, 0.05) is 24.7 Å². The molecule has 5 heteroatoms. The number of carbonyl (C=O) groups is 2. The van der Waals surface area contributed by atoms with Gasteiger partial charge in [0.25, 0.3) is 0 Å². The summed E-state index contributed by atoms with van der Waals surface area (Å²) in [6.07, 6.45) is 0.127. The monoisotopic (exact) mass is 159 g/mol. The minimum absolute atomic E-state index is 0.0175. The number of nitrogens with zero attached hydrogens (tertiary/aromatic N) is 1. The number of nitro groups is 1. The van der Waals surface area contributed by atoms with Gasteiger partial charge in [0.05, 0.1) is 0 Å². The van der Waals surface area contributed by atoms with Crippen LogP contribution in [0.1, 0.15) is 19.8 Å². The molecule has 0 heterocycles. The van der Waals surface area contributed by atoms with Crippen molar-refractivity contribution in [2.45, 2.75) is 19.8 Å². The van der Waals surface area contributed by atoms with Gasteiger partial charge in [-0.3, -0.25) is 19.7 Å². The van der Waals surface area contributed by atoms with Gasteiger partial charge in [-0.2, -0.15) is 0 Å². The molecule has 5 nitrogen and oxygen atoms in total. The highest BCUT2D eigenvalue weighted by molar-refractivity contribution is 6.36. The first-order valence-electron chi connectivity index (χ1n) is 3.19. The summed E-state index contributed by atoms with van der Waals surface area (Å²) in [7, 11) is 0. The van der Waals surface area contributed by atoms with Crippen molar-refractivity contribution in [2.75, 3.05) is 6.54 Å². The van der Waals surface area contributed by atoms with Crippen molar-refractivity contribution >= 4 is 11.6 Å². The fraction of sp³-hybridized carbons (Fsp3) is 0.667. The Bertz CT molecular complexity index is 187. The Labute approximate surface area is 63.5 Å². The maximum atomic E-state index is 10.6. The molecule has 0 spiro atoms. The molecule has 0 amide bonds. The molecule has 0 saturated carbocycles. The minimum Gasteiger partial charge on any atom is -0.291 e. The largest absolute Gasteiger partial charge is 0.291 e. The Hall–Kier alpha value is -1.26. The molecule has 0 aliphatic rings. The molecule has 0 saturated heterocycles. The third-order valence-electron chi connectivity index (χ3n) is 1.14. The maximum Gasteiger partial charge on any atom is 0.204 e. The lowest BCUT2D eigenvalue weighted by molar-refractivity contribution is -0.480. The predicted octanol–water partition coefficient (Wildman–Crippen LogP) is 0.201. The lowest BCUT2D eigenvalue weighted by atomic mass is 10.2. The van der Waals surface area contributed by atoms with Gasteiger partial charge in [-0.25, -0.2) is 0 Å². The van der Waals surface area contributed by atoms with Crippen molar-refractivity contribution in [3.63, 3.8) is 0 Å². The molecule has 0 atom stereocenters. The Morgan fingerprint density at radius 1 is 1.45 bits per heavy atom. The summed E-state index contributed by atoms with van der Waals surface area (Å²) in [5.74, 6) is -1.07. The van der Waals surface area contributed by atoms with Crippen LogP contribution in [0.15, 0.2) is 0 Å². The number of hydrogen-bond donors (Lipinski definition) is 0. The lowest BCUT2D eigenvalue weighted by Crippen LogP contribution is -2.11. The van der Waals surface area contributed by atoms with E-state index in [9.17, 15) is 19.7 Å². The van der Waals surface area contributed by atoms with E-state index in [2.05, 4.69) is 0 Å². The predicted molar refractivity (Wildman–Crippen MR) is 36.8 cm³/mol. The highest BCUT2D eigenvalue weighted by Crippen LogP contribution is 1.91. The van der Waals surface area contributed by atoms with Crippen molar-refractivity contribution in [1.29, 1.82) is 0 Å². The van der Waals surface area contributed by atoms with E-state index in [-0.39, 0.29) is 19.4 Å². The third kappa shape index (κ3) is 5.20. The maximum absolute atomic E-state index is 10.6. The first kappa shape index (κ1) is 9.74. The first-order chi connectivity index (χ1) is 5.04. The highest BCUT2D eigenvalue weighted by Gasteiger charge is 2.08. The molecule has 0 aromatic rings. The molecular formula is C6H9NO4. The quantitative estimate of drug-likeness (QED) is 0.326. The molecule has 0 rings (SSSR count). The third-order valence-corrected chi connectivity index (χ3v) is 1.14. The topological polar surface area (TPSA) is 77.3 Å². The van der Waals surface area contributed by atoms with Crippen LogP contribution < -0.4 is 0 Å². The molecule has 0 aromatic carbocycles. The molecule has 62 valence electrons. The number of ketones is 2. The van der Waals surface area contributed by atoms with Crippen LogP contribution in [0.5, 0.6) is 0 Å². The smallest absolute Gasteiger partial charge is 0.204 e. The zero-order chi connectivity index (χ0) is 8.85.